The molecule has 14 heteroatoms. The Morgan fingerprint density at radius 2 is 1.92 bits per heavy atom. The summed E-state index contributed by atoms with van der Waals surface area (Å²) in [5.74, 6) is 2.11. The van der Waals surface area contributed by atoms with Gasteiger partial charge in [0, 0.05) is 44.4 Å². The van der Waals surface area contributed by atoms with E-state index in [1.807, 2.05) is 54.1 Å². The van der Waals surface area contributed by atoms with Crippen LogP contribution in [0.15, 0.2) is 67.1 Å². The molecule has 2 atom stereocenters. The molecule has 2 aromatic carbocycles. The maximum Gasteiger partial charge on any atom is 0.245 e. The molecule has 3 aliphatic heterocycles. The Labute approximate surface area is 286 Å². The summed E-state index contributed by atoms with van der Waals surface area (Å²) in [6, 6.07) is 15.8. The number of methoxy groups -OCH3 is 1. The van der Waals surface area contributed by atoms with Gasteiger partial charge in [-0.3, -0.25) is 4.79 Å². The van der Waals surface area contributed by atoms with Crippen LogP contribution in [-0.4, -0.2) is 97.6 Å². The zero-order chi connectivity index (χ0) is 34.1. The van der Waals surface area contributed by atoms with Crippen LogP contribution in [0.25, 0.3) is 39.0 Å². The fourth-order valence-electron chi connectivity index (χ4n) is 7.84. The van der Waals surface area contributed by atoms with Gasteiger partial charge in [0.25, 0.3) is 0 Å². The molecule has 0 saturated carbocycles. The standard InChI is InChI=1S/C36H35FN10O3/c1-21-41-27-8-4-6-24-26-7-5-9-31(43-26)42-23-13-29(35(48)44(2)16-36(18-50-19-36)17-46(21)32(24)27)45(15-23)33-25-14-40-47(34(25)39-20-38-33)28-11-10-22(37)12-30(28)49-3/h4-12,14,20,23,29H,13,15-19H2,1-3H3,(H,42,43)/t23-,29-/m0/s1. The van der Waals surface area contributed by atoms with Crippen LogP contribution in [0, 0.1) is 18.2 Å². The van der Waals surface area contributed by atoms with Crippen LogP contribution in [0.1, 0.15) is 12.2 Å². The van der Waals surface area contributed by atoms with Crippen molar-refractivity contribution in [2.75, 3.05) is 50.7 Å². The molecule has 3 aliphatic rings. The molecule has 2 fully saturated rings. The van der Waals surface area contributed by atoms with Crippen molar-refractivity contribution in [1.82, 2.24) is 39.2 Å². The number of nitrogens with one attached hydrogen (secondary N) is 1. The topological polar surface area (TPSA) is 128 Å². The second-order valence-corrected chi connectivity index (χ2v) is 13.6. The van der Waals surface area contributed by atoms with Crippen molar-refractivity contribution in [3.05, 3.63) is 78.8 Å². The highest BCUT2D eigenvalue weighted by Gasteiger charge is 2.45. The van der Waals surface area contributed by atoms with Crippen molar-refractivity contribution in [1.29, 1.82) is 0 Å². The van der Waals surface area contributed by atoms with E-state index in [0.717, 1.165) is 33.9 Å². The average Bonchev–Trinajstić information content (AvgIpc) is 3.81. The molecule has 6 aromatic rings. The second-order valence-electron chi connectivity index (χ2n) is 13.6. The highest BCUT2D eigenvalue weighted by Crippen LogP contribution is 2.38. The lowest BCUT2D eigenvalue weighted by Gasteiger charge is -2.45. The number of rotatable bonds is 3. The van der Waals surface area contributed by atoms with E-state index in [-0.39, 0.29) is 17.4 Å². The minimum atomic E-state index is -0.524. The number of pyridine rings is 1. The number of para-hydroxylation sites is 1. The first-order valence-electron chi connectivity index (χ1n) is 16.6. The van der Waals surface area contributed by atoms with E-state index < -0.39 is 11.9 Å². The molecular formula is C36H35FN10O3. The number of amides is 1. The van der Waals surface area contributed by atoms with Crippen LogP contribution < -0.4 is 15.0 Å². The van der Waals surface area contributed by atoms with Gasteiger partial charge in [-0.05, 0) is 43.7 Å². The van der Waals surface area contributed by atoms with Gasteiger partial charge in [-0.25, -0.2) is 29.0 Å². The van der Waals surface area contributed by atoms with Gasteiger partial charge in [-0.15, -0.1) is 0 Å². The number of ether oxygens (including phenoxy) is 2. The number of carbonyl (C=O) groups excluding carboxylic acids is 1. The lowest BCUT2D eigenvalue weighted by molar-refractivity contribution is -0.150. The summed E-state index contributed by atoms with van der Waals surface area (Å²) < 4.78 is 29.2. The molecule has 1 N–H and O–H groups in total. The quantitative estimate of drug-likeness (QED) is 0.291. The number of hydrogen-bond donors (Lipinski definition) is 1. The first-order chi connectivity index (χ1) is 24.3. The Morgan fingerprint density at radius 1 is 1.06 bits per heavy atom. The highest BCUT2D eigenvalue weighted by atomic mass is 19.1. The van der Waals surface area contributed by atoms with E-state index in [4.69, 9.17) is 24.4 Å². The zero-order valence-electron chi connectivity index (χ0n) is 27.9. The molecule has 1 amide bonds. The number of halogens is 1. The third-order valence-electron chi connectivity index (χ3n) is 10.2. The molecule has 13 nitrogen and oxygen atoms in total. The fraction of sp³-hybridized carbons (Fsp3) is 0.333. The summed E-state index contributed by atoms with van der Waals surface area (Å²) in [6.07, 6.45) is 3.69. The van der Waals surface area contributed by atoms with Crippen molar-refractivity contribution in [2.45, 2.75) is 32.0 Å². The van der Waals surface area contributed by atoms with E-state index >= 15 is 0 Å². The van der Waals surface area contributed by atoms with E-state index in [2.05, 4.69) is 26.0 Å². The number of fused-ring (bicyclic) bond motifs is 6. The average molecular weight is 675 g/mol. The van der Waals surface area contributed by atoms with Gasteiger partial charge in [-0.2, -0.15) is 5.10 Å². The maximum atomic E-state index is 14.6. The molecule has 0 unspecified atom stereocenters. The Morgan fingerprint density at radius 3 is 2.74 bits per heavy atom. The van der Waals surface area contributed by atoms with E-state index in [1.165, 1.54) is 25.6 Å². The first-order valence-corrected chi connectivity index (χ1v) is 16.6. The summed E-state index contributed by atoms with van der Waals surface area (Å²) in [5.41, 5.74) is 4.56. The molecule has 9 rings (SSSR count). The molecule has 0 radical (unpaired) electrons. The largest absolute Gasteiger partial charge is 0.494 e. The van der Waals surface area contributed by atoms with Gasteiger partial charge < -0.3 is 29.2 Å². The maximum absolute atomic E-state index is 14.6. The second kappa shape index (κ2) is 11.5. The van der Waals surface area contributed by atoms with Crippen LogP contribution in [-0.2, 0) is 16.1 Å². The summed E-state index contributed by atoms with van der Waals surface area (Å²) in [6.45, 7) is 4.76. The number of anilines is 2. The number of hydrogen-bond acceptors (Lipinski definition) is 10. The Balaban J connectivity index is 1.15. The molecule has 7 heterocycles. The van der Waals surface area contributed by atoms with Gasteiger partial charge in [0.1, 0.15) is 47.1 Å². The Hall–Kier alpha value is -5.63. The number of nitrogens with zero attached hydrogens (tertiary/aromatic N) is 9. The summed E-state index contributed by atoms with van der Waals surface area (Å²) in [5, 5.41) is 8.90. The Kier molecular flexibility index (Phi) is 6.98. The normalized spacial score (nSPS) is 20.1. The van der Waals surface area contributed by atoms with E-state index in [9.17, 15) is 9.18 Å². The van der Waals surface area contributed by atoms with Gasteiger partial charge in [0.2, 0.25) is 5.91 Å². The third-order valence-corrected chi connectivity index (χ3v) is 10.2. The smallest absolute Gasteiger partial charge is 0.245 e. The summed E-state index contributed by atoms with van der Waals surface area (Å²) in [7, 11) is 3.36. The molecule has 4 aromatic heterocycles. The first kappa shape index (κ1) is 30.4. The number of aryl methyl sites for hydroxylation is 1. The minimum Gasteiger partial charge on any atom is -0.494 e. The van der Waals surface area contributed by atoms with Crippen LogP contribution in [0.4, 0.5) is 16.0 Å². The molecule has 1 spiro atoms. The van der Waals surface area contributed by atoms with Gasteiger partial charge in [0.15, 0.2) is 5.65 Å². The van der Waals surface area contributed by atoms with Gasteiger partial charge >= 0.3 is 0 Å². The van der Waals surface area contributed by atoms with Crippen molar-refractivity contribution >= 4 is 39.6 Å². The molecule has 50 heavy (non-hydrogen) atoms. The van der Waals surface area contributed by atoms with Gasteiger partial charge in [-0.1, -0.05) is 18.2 Å². The monoisotopic (exact) mass is 674 g/mol. The molecule has 254 valence electrons. The Bertz CT molecular complexity index is 2300. The zero-order valence-corrected chi connectivity index (χ0v) is 27.9. The van der Waals surface area contributed by atoms with Crippen LogP contribution in [0.2, 0.25) is 0 Å². The fourth-order valence-corrected chi connectivity index (χ4v) is 7.84. The van der Waals surface area contributed by atoms with Crippen LogP contribution >= 0.6 is 0 Å². The van der Waals surface area contributed by atoms with E-state index in [1.54, 1.807) is 16.9 Å². The summed E-state index contributed by atoms with van der Waals surface area (Å²) in [4.78, 5) is 37.7. The minimum absolute atomic E-state index is 0.00980. The number of likely N-dealkylation sites (N-methyl/N-ethyl adjacent to an activating group) is 1. The molecule has 2 saturated heterocycles. The van der Waals surface area contributed by atoms with Crippen molar-refractivity contribution in [3.8, 4) is 22.7 Å². The van der Waals surface area contributed by atoms with Gasteiger partial charge in [0.05, 0.1) is 54.0 Å². The lowest BCUT2D eigenvalue weighted by Crippen LogP contribution is -2.56. The van der Waals surface area contributed by atoms with Crippen molar-refractivity contribution in [2.24, 2.45) is 5.41 Å². The van der Waals surface area contributed by atoms with Crippen molar-refractivity contribution in [3.63, 3.8) is 0 Å². The molecule has 4 bridgehead atoms. The number of imidazole rings is 1. The highest BCUT2D eigenvalue weighted by molar-refractivity contribution is 5.94. The predicted molar refractivity (Wildman–Crippen MR) is 185 cm³/mol. The SMILES string of the molecule is COc1cc(F)ccc1-n1ncc2c(N3C[C@@H]4C[C@H]3C(=O)N(C)CC3(COC3)Cn3c(C)nc5cccc(c53)-c3cccc(n3)N4)ncnc21. The van der Waals surface area contributed by atoms with E-state index in [0.29, 0.717) is 67.6 Å². The number of carbonyl (C=O) groups is 1. The number of aromatic nitrogens is 7. The van der Waals surface area contributed by atoms with Crippen LogP contribution in [0.3, 0.4) is 0 Å². The molecular weight excluding hydrogens is 639 g/mol. The summed E-state index contributed by atoms with van der Waals surface area (Å²) >= 11 is 0. The third kappa shape index (κ3) is 4.84. The molecule has 0 aliphatic carbocycles. The number of benzene rings is 2. The predicted octanol–water partition coefficient (Wildman–Crippen LogP) is 4.23. The van der Waals surface area contributed by atoms with Crippen molar-refractivity contribution < 1.29 is 18.7 Å². The lowest BCUT2D eigenvalue weighted by atomic mass is 9.84. The van der Waals surface area contributed by atoms with Crippen LogP contribution in [0.5, 0.6) is 5.75 Å².